The van der Waals surface area contributed by atoms with Crippen molar-refractivity contribution in [3.8, 4) is 0 Å². The van der Waals surface area contributed by atoms with E-state index in [4.69, 9.17) is 0 Å². The summed E-state index contributed by atoms with van der Waals surface area (Å²) in [6.07, 6.45) is 8.83. The van der Waals surface area contributed by atoms with E-state index in [1.807, 2.05) is 0 Å². The van der Waals surface area contributed by atoms with Crippen LogP contribution in [-0.2, 0) is 0 Å². The molecule has 0 aliphatic heterocycles. The van der Waals surface area contributed by atoms with Gasteiger partial charge in [0.15, 0.2) is 0 Å². The molecule has 0 aromatic rings. The summed E-state index contributed by atoms with van der Waals surface area (Å²) < 4.78 is 0. The largest absolute Gasteiger partial charge is 0.0651 e. The molecule has 13 heavy (non-hydrogen) atoms. The molecule has 0 nitrogen and oxygen atoms in total. The van der Waals surface area contributed by atoms with E-state index in [1.165, 1.54) is 38.5 Å². The van der Waals surface area contributed by atoms with Crippen LogP contribution in [0.4, 0.5) is 0 Å². The van der Waals surface area contributed by atoms with Gasteiger partial charge in [-0.05, 0) is 23.7 Å². The molecular formula is C13H26. The van der Waals surface area contributed by atoms with E-state index in [0.29, 0.717) is 5.41 Å². The topological polar surface area (TPSA) is 0 Å². The van der Waals surface area contributed by atoms with Crippen LogP contribution in [0.5, 0.6) is 0 Å². The molecule has 1 rings (SSSR count). The lowest BCUT2D eigenvalue weighted by Crippen LogP contribution is -2.19. The van der Waals surface area contributed by atoms with Crippen molar-refractivity contribution in [3.63, 3.8) is 0 Å². The molecule has 0 heterocycles. The third-order valence-electron chi connectivity index (χ3n) is 3.44. The van der Waals surface area contributed by atoms with Crippen molar-refractivity contribution in [2.75, 3.05) is 0 Å². The van der Waals surface area contributed by atoms with Gasteiger partial charge in [-0.2, -0.15) is 0 Å². The Kier molecular flexibility index (Phi) is 3.82. The second kappa shape index (κ2) is 4.48. The molecule has 78 valence electrons. The first-order valence-electron chi connectivity index (χ1n) is 6.01. The molecule has 0 bridgehead atoms. The van der Waals surface area contributed by atoms with E-state index >= 15 is 0 Å². The summed E-state index contributed by atoms with van der Waals surface area (Å²) in [6.45, 7) is 9.46. The first kappa shape index (κ1) is 11.1. The Morgan fingerprint density at radius 3 is 1.77 bits per heavy atom. The van der Waals surface area contributed by atoms with Gasteiger partial charge in [-0.3, -0.25) is 0 Å². The zero-order chi connectivity index (χ0) is 9.90. The normalized spacial score (nSPS) is 30.5. The van der Waals surface area contributed by atoms with Crippen molar-refractivity contribution in [2.24, 2.45) is 17.3 Å². The maximum Gasteiger partial charge on any atom is -0.0380 e. The molecule has 0 atom stereocenters. The SMILES string of the molecule is CCC1CCC(CC(C)(C)C)CC1. The molecule has 0 spiro atoms. The fraction of sp³-hybridized carbons (Fsp3) is 1.00. The van der Waals surface area contributed by atoms with Crippen LogP contribution in [0.1, 0.15) is 66.2 Å². The van der Waals surface area contributed by atoms with Gasteiger partial charge in [-0.25, -0.2) is 0 Å². The lowest BCUT2D eigenvalue weighted by molar-refractivity contribution is 0.202. The highest BCUT2D eigenvalue weighted by atomic mass is 14.3. The smallest absolute Gasteiger partial charge is 0.0380 e. The van der Waals surface area contributed by atoms with E-state index in [9.17, 15) is 0 Å². The Bertz CT molecular complexity index is 133. The Hall–Kier alpha value is 0. The second-order valence-electron chi connectivity index (χ2n) is 6.06. The fourth-order valence-electron chi connectivity index (χ4n) is 2.71. The predicted octanol–water partition coefficient (Wildman–Crippen LogP) is 4.64. The van der Waals surface area contributed by atoms with Gasteiger partial charge in [-0.15, -0.1) is 0 Å². The van der Waals surface area contributed by atoms with Crippen LogP contribution in [-0.4, -0.2) is 0 Å². The summed E-state index contributed by atoms with van der Waals surface area (Å²) in [5.41, 5.74) is 0.545. The van der Waals surface area contributed by atoms with Crippen molar-refractivity contribution >= 4 is 0 Å². The molecule has 0 heteroatoms. The molecule has 1 aliphatic carbocycles. The number of hydrogen-bond donors (Lipinski definition) is 0. The van der Waals surface area contributed by atoms with Gasteiger partial charge in [-0.1, -0.05) is 59.8 Å². The Morgan fingerprint density at radius 1 is 0.923 bits per heavy atom. The van der Waals surface area contributed by atoms with E-state index in [0.717, 1.165) is 11.8 Å². The molecule has 0 aromatic carbocycles. The fourth-order valence-corrected chi connectivity index (χ4v) is 2.71. The molecule has 0 N–H and O–H groups in total. The maximum atomic E-state index is 2.37. The number of rotatable bonds is 2. The van der Waals surface area contributed by atoms with Crippen LogP contribution in [0.25, 0.3) is 0 Å². The summed E-state index contributed by atoms with van der Waals surface area (Å²) in [4.78, 5) is 0. The van der Waals surface area contributed by atoms with Crippen LogP contribution in [0, 0.1) is 17.3 Å². The van der Waals surface area contributed by atoms with Crippen LogP contribution >= 0.6 is 0 Å². The maximum absolute atomic E-state index is 2.37. The summed E-state index contributed by atoms with van der Waals surface area (Å²) in [5, 5.41) is 0. The van der Waals surface area contributed by atoms with Crippen LogP contribution in [0.2, 0.25) is 0 Å². The predicted molar refractivity (Wildman–Crippen MR) is 59.8 cm³/mol. The Balaban J connectivity index is 2.25. The summed E-state index contributed by atoms with van der Waals surface area (Å²) in [5.74, 6) is 2.08. The van der Waals surface area contributed by atoms with Crippen molar-refractivity contribution in [3.05, 3.63) is 0 Å². The van der Waals surface area contributed by atoms with Crippen LogP contribution in [0.15, 0.2) is 0 Å². The van der Waals surface area contributed by atoms with Gasteiger partial charge in [0, 0.05) is 0 Å². The lowest BCUT2D eigenvalue weighted by atomic mass is 9.74. The van der Waals surface area contributed by atoms with Crippen molar-refractivity contribution < 1.29 is 0 Å². The molecule has 0 aromatic heterocycles. The summed E-state index contributed by atoms with van der Waals surface area (Å²) >= 11 is 0. The van der Waals surface area contributed by atoms with Gasteiger partial charge in [0.2, 0.25) is 0 Å². The molecule has 1 saturated carbocycles. The molecule has 0 unspecified atom stereocenters. The minimum Gasteiger partial charge on any atom is -0.0651 e. The molecule has 0 saturated heterocycles. The average Bonchev–Trinajstić information content (AvgIpc) is 2.03. The quantitative estimate of drug-likeness (QED) is 0.583. The van der Waals surface area contributed by atoms with Crippen LogP contribution < -0.4 is 0 Å². The highest BCUT2D eigenvalue weighted by Gasteiger charge is 2.23. The molecule has 0 amide bonds. The highest BCUT2D eigenvalue weighted by Crippen LogP contribution is 2.37. The Labute approximate surface area is 84.1 Å². The van der Waals surface area contributed by atoms with Gasteiger partial charge >= 0.3 is 0 Å². The van der Waals surface area contributed by atoms with Gasteiger partial charge in [0.05, 0.1) is 0 Å². The van der Waals surface area contributed by atoms with E-state index in [1.54, 1.807) is 0 Å². The zero-order valence-corrected chi connectivity index (χ0v) is 9.90. The Morgan fingerprint density at radius 2 is 1.38 bits per heavy atom. The first-order valence-corrected chi connectivity index (χ1v) is 6.01. The highest BCUT2D eigenvalue weighted by molar-refractivity contribution is 4.75. The zero-order valence-electron chi connectivity index (χ0n) is 9.90. The van der Waals surface area contributed by atoms with E-state index in [2.05, 4.69) is 27.7 Å². The van der Waals surface area contributed by atoms with Crippen molar-refractivity contribution in [2.45, 2.75) is 66.2 Å². The van der Waals surface area contributed by atoms with Gasteiger partial charge < -0.3 is 0 Å². The minimum absolute atomic E-state index is 0.545. The summed E-state index contributed by atoms with van der Waals surface area (Å²) in [6, 6.07) is 0. The van der Waals surface area contributed by atoms with E-state index < -0.39 is 0 Å². The first-order chi connectivity index (χ1) is 6.01. The van der Waals surface area contributed by atoms with Crippen LogP contribution in [0.3, 0.4) is 0 Å². The number of hydrogen-bond acceptors (Lipinski definition) is 0. The van der Waals surface area contributed by atoms with Crippen molar-refractivity contribution in [1.29, 1.82) is 0 Å². The molecular weight excluding hydrogens is 156 g/mol. The van der Waals surface area contributed by atoms with Gasteiger partial charge in [0.25, 0.3) is 0 Å². The van der Waals surface area contributed by atoms with E-state index in [-0.39, 0.29) is 0 Å². The summed E-state index contributed by atoms with van der Waals surface area (Å²) in [7, 11) is 0. The lowest BCUT2D eigenvalue weighted by Gasteiger charge is -2.32. The third-order valence-corrected chi connectivity index (χ3v) is 3.44. The third kappa shape index (κ3) is 4.15. The monoisotopic (exact) mass is 182 g/mol. The standard InChI is InChI=1S/C13H26/c1-5-11-6-8-12(9-7-11)10-13(2,3)4/h11-12H,5-10H2,1-4H3. The van der Waals surface area contributed by atoms with Gasteiger partial charge in [0.1, 0.15) is 0 Å². The molecule has 0 radical (unpaired) electrons. The van der Waals surface area contributed by atoms with Crippen molar-refractivity contribution in [1.82, 2.24) is 0 Å². The molecule has 1 fully saturated rings. The average molecular weight is 182 g/mol. The molecule has 1 aliphatic rings. The second-order valence-corrected chi connectivity index (χ2v) is 6.06. The minimum atomic E-state index is 0.545.